The van der Waals surface area contributed by atoms with E-state index in [0.29, 0.717) is 0 Å². The minimum atomic E-state index is 0.0483. The molecule has 0 saturated heterocycles. The summed E-state index contributed by atoms with van der Waals surface area (Å²) in [5.74, 6) is 5.19. The number of carbonyl (C=O) groups is 1. The molecule has 96 valence electrons. The lowest BCUT2D eigenvalue weighted by molar-refractivity contribution is -0.118. The summed E-state index contributed by atoms with van der Waals surface area (Å²) in [5, 5.41) is 3.46. The van der Waals surface area contributed by atoms with E-state index >= 15 is 0 Å². The Bertz CT molecular complexity index is 284. The van der Waals surface area contributed by atoms with Gasteiger partial charge in [-0.3, -0.25) is 4.79 Å². The summed E-state index contributed by atoms with van der Waals surface area (Å²) in [6.45, 7) is 4.77. The van der Waals surface area contributed by atoms with Gasteiger partial charge in [0.05, 0.1) is 6.04 Å². The second-order valence-electron chi connectivity index (χ2n) is 6.84. The van der Waals surface area contributed by atoms with Crippen molar-refractivity contribution in [3.8, 4) is 0 Å². The standard InChI is InChI=1S/C15H25NO/c1-9(10(2)17)16-8-15-13-4-11-3-12(6-13)7-14(15)5-11/h9,11-16H,3-8H2,1-2H3. The lowest BCUT2D eigenvalue weighted by Crippen LogP contribution is -2.49. The van der Waals surface area contributed by atoms with Gasteiger partial charge in [-0.05, 0) is 82.1 Å². The Hall–Kier alpha value is -0.370. The van der Waals surface area contributed by atoms with Crippen molar-refractivity contribution >= 4 is 5.78 Å². The van der Waals surface area contributed by atoms with E-state index in [1.807, 2.05) is 6.92 Å². The summed E-state index contributed by atoms with van der Waals surface area (Å²) >= 11 is 0. The van der Waals surface area contributed by atoms with Crippen molar-refractivity contribution in [3.63, 3.8) is 0 Å². The van der Waals surface area contributed by atoms with Crippen LogP contribution in [0.5, 0.6) is 0 Å². The molecule has 4 bridgehead atoms. The van der Waals surface area contributed by atoms with Gasteiger partial charge < -0.3 is 5.32 Å². The van der Waals surface area contributed by atoms with Crippen LogP contribution in [-0.2, 0) is 4.79 Å². The van der Waals surface area contributed by atoms with Crippen LogP contribution in [-0.4, -0.2) is 18.4 Å². The number of hydrogen-bond acceptors (Lipinski definition) is 2. The third kappa shape index (κ3) is 2.16. The van der Waals surface area contributed by atoms with Crippen molar-refractivity contribution in [2.45, 2.75) is 52.0 Å². The summed E-state index contributed by atoms with van der Waals surface area (Å²) in [6, 6.07) is 0.0483. The van der Waals surface area contributed by atoms with Crippen LogP contribution in [0, 0.1) is 29.6 Å². The molecular formula is C15H25NO. The van der Waals surface area contributed by atoms with Gasteiger partial charge >= 0.3 is 0 Å². The molecule has 0 aliphatic heterocycles. The Balaban J connectivity index is 1.59. The molecule has 1 N–H and O–H groups in total. The van der Waals surface area contributed by atoms with Gasteiger partial charge in [0.15, 0.2) is 0 Å². The van der Waals surface area contributed by atoms with E-state index in [-0.39, 0.29) is 11.8 Å². The summed E-state index contributed by atoms with van der Waals surface area (Å²) < 4.78 is 0. The van der Waals surface area contributed by atoms with E-state index in [9.17, 15) is 4.79 Å². The molecule has 1 unspecified atom stereocenters. The smallest absolute Gasteiger partial charge is 0.146 e. The lowest BCUT2D eigenvalue weighted by Gasteiger charge is -2.54. The molecule has 0 aromatic rings. The summed E-state index contributed by atoms with van der Waals surface area (Å²) in [6.07, 6.45) is 7.44. The van der Waals surface area contributed by atoms with Crippen molar-refractivity contribution in [2.24, 2.45) is 29.6 Å². The molecule has 4 aliphatic rings. The molecule has 4 aliphatic carbocycles. The monoisotopic (exact) mass is 235 g/mol. The van der Waals surface area contributed by atoms with Gasteiger partial charge in [-0.15, -0.1) is 0 Å². The predicted molar refractivity (Wildman–Crippen MR) is 68.7 cm³/mol. The van der Waals surface area contributed by atoms with Gasteiger partial charge in [-0.25, -0.2) is 0 Å². The maximum absolute atomic E-state index is 11.3. The van der Waals surface area contributed by atoms with Gasteiger partial charge in [-0.1, -0.05) is 0 Å². The van der Waals surface area contributed by atoms with Gasteiger partial charge in [0.1, 0.15) is 5.78 Å². The largest absolute Gasteiger partial charge is 0.307 e. The van der Waals surface area contributed by atoms with Gasteiger partial charge in [0, 0.05) is 0 Å². The highest BCUT2D eigenvalue weighted by Gasteiger charge is 2.47. The van der Waals surface area contributed by atoms with E-state index < -0.39 is 0 Å². The van der Waals surface area contributed by atoms with Crippen LogP contribution in [0.1, 0.15) is 46.0 Å². The second-order valence-corrected chi connectivity index (χ2v) is 6.84. The highest BCUT2D eigenvalue weighted by atomic mass is 16.1. The average Bonchev–Trinajstić information content (AvgIpc) is 2.26. The van der Waals surface area contributed by atoms with E-state index in [1.165, 1.54) is 32.1 Å². The van der Waals surface area contributed by atoms with Crippen molar-refractivity contribution in [3.05, 3.63) is 0 Å². The molecule has 17 heavy (non-hydrogen) atoms. The molecule has 2 nitrogen and oxygen atoms in total. The molecular weight excluding hydrogens is 210 g/mol. The van der Waals surface area contributed by atoms with Crippen LogP contribution < -0.4 is 5.32 Å². The molecule has 0 radical (unpaired) electrons. The lowest BCUT2D eigenvalue weighted by atomic mass is 9.52. The molecule has 4 fully saturated rings. The fourth-order valence-corrected chi connectivity index (χ4v) is 4.83. The molecule has 0 aromatic heterocycles. The average molecular weight is 235 g/mol. The summed E-state index contributed by atoms with van der Waals surface area (Å²) in [5.41, 5.74) is 0. The first-order chi connectivity index (χ1) is 8.13. The molecule has 4 rings (SSSR count). The maximum atomic E-state index is 11.3. The molecule has 2 heteroatoms. The Morgan fingerprint density at radius 1 is 1.12 bits per heavy atom. The topological polar surface area (TPSA) is 29.1 Å². The minimum Gasteiger partial charge on any atom is -0.307 e. The summed E-state index contributed by atoms with van der Waals surface area (Å²) in [7, 11) is 0. The molecule has 0 amide bonds. The summed E-state index contributed by atoms with van der Waals surface area (Å²) in [4.78, 5) is 11.3. The van der Waals surface area contributed by atoms with Gasteiger partial charge in [0.25, 0.3) is 0 Å². The van der Waals surface area contributed by atoms with E-state index in [0.717, 1.165) is 36.1 Å². The van der Waals surface area contributed by atoms with E-state index in [1.54, 1.807) is 6.92 Å². The molecule has 0 aromatic carbocycles. The van der Waals surface area contributed by atoms with Crippen molar-refractivity contribution in [2.75, 3.05) is 6.54 Å². The van der Waals surface area contributed by atoms with E-state index in [4.69, 9.17) is 0 Å². The Labute approximate surface area is 105 Å². The number of rotatable bonds is 4. The zero-order chi connectivity index (χ0) is 12.0. The first-order valence-electron chi connectivity index (χ1n) is 7.37. The van der Waals surface area contributed by atoms with Crippen LogP contribution in [0.2, 0.25) is 0 Å². The highest BCUT2D eigenvalue weighted by molar-refractivity contribution is 5.80. The number of nitrogens with one attached hydrogen (secondary N) is 1. The number of ketones is 1. The predicted octanol–water partition coefficient (Wildman–Crippen LogP) is 2.63. The third-order valence-corrected chi connectivity index (χ3v) is 5.69. The first kappa shape index (κ1) is 11.7. The Morgan fingerprint density at radius 3 is 2.12 bits per heavy atom. The van der Waals surface area contributed by atoms with Gasteiger partial charge in [0.2, 0.25) is 0 Å². The zero-order valence-corrected chi connectivity index (χ0v) is 11.1. The fourth-order valence-electron chi connectivity index (χ4n) is 4.83. The van der Waals surface area contributed by atoms with Crippen LogP contribution in [0.4, 0.5) is 0 Å². The van der Waals surface area contributed by atoms with Crippen LogP contribution >= 0.6 is 0 Å². The number of carbonyl (C=O) groups excluding carboxylic acids is 1. The van der Waals surface area contributed by atoms with Gasteiger partial charge in [-0.2, -0.15) is 0 Å². The van der Waals surface area contributed by atoms with E-state index in [2.05, 4.69) is 5.32 Å². The molecule has 0 heterocycles. The van der Waals surface area contributed by atoms with Crippen LogP contribution in [0.15, 0.2) is 0 Å². The Morgan fingerprint density at radius 2 is 1.65 bits per heavy atom. The number of Topliss-reactive ketones (excluding diaryl/α,β-unsaturated/α-hetero) is 1. The zero-order valence-electron chi connectivity index (χ0n) is 11.1. The SMILES string of the molecule is CC(=O)C(C)NCC1C2CC3CC(C2)CC1C3. The van der Waals surface area contributed by atoms with Crippen molar-refractivity contribution in [1.82, 2.24) is 5.32 Å². The third-order valence-electron chi connectivity index (χ3n) is 5.69. The first-order valence-corrected chi connectivity index (χ1v) is 7.37. The highest BCUT2D eigenvalue weighted by Crippen LogP contribution is 2.56. The van der Waals surface area contributed by atoms with Crippen LogP contribution in [0.3, 0.4) is 0 Å². The molecule has 4 saturated carbocycles. The Kier molecular flexibility index (Phi) is 3.02. The maximum Gasteiger partial charge on any atom is 0.146 e. The molecule has 0 spiro atoms. The normalized spacial score (nSPS) is 44.9. The van der Waals surface area contributed by atoms with Crippen molar-refractivity contribution in [1.29, 1.82) is 0 Å². The van der Waals surface area contributed by atoms with Crippen LogP contribution in [0.25, 0.3) is 0 Å². The number of hydrogen-bond donors (Lipinski definition) is 1. The molecule has 1 atom stereocenters. The fraction of sp³-hybridized carbons (Fsp3) is 0.933. The second kappa shape index (κ2) is 4.38. The van der Waals surface area contributed by atoms with Crippen molar-refractivity contribution < 1.29 is 4.79 Å². The minimum absolute atomic E-state index is 0.0483. The quantitative estimate of drug-likeness (QED) is 0.811.